The van der Waals surface area contributed by atoms with Crippen molar-refractivity contribution in [1.29, 1.82) is 0 Å². The highest BCUT2D eigenvalue weighted by molar-refractivity contribution is 7.89. The van der Waals surface area contributed by atoms with E-state index in [1.165, 1.54) is 19.1 Å². The number of primary amides is 1. The second kappa shape index (κ2) is 6.02. The second-order valence-electron chi connectivity index (χ2n) is 4.47. The molecule has 20 heavy (non-hydrogen) atoms. The maximum absolute atomic E-state index is 12.1. The number of amides is 1. The summed E-state index contributed by atoms with van der Waals surface area (Å²) in [6.45, 7) is 3.07. The number of rotatable bonds is 6. The van der Waals surface area contributed by atoms with E-state index in [0.29, 0.717) is 5.56 Å². The summed E-state index contributed by atoms with van der Waals surface area (Å²) in [5, 5.41) is 8.98. The average Bonchev–Trinajstić information content (AvgIpc) is 2.26. The Bertz CT molecular complexity index is 639. The Hall–Kier alpha value is -1.93. The third kappa shape index (κ3) is 4.04. The van der Waals surface area contributed by atoms with Crippen LogP contribution < -0.4 is 10.5 Å². The maximum atomic E-state index is 12.1. The standard InChI is InChI=1S/C12H16N2O5S/c1-7-3-4-9(6-10(7)12(16)17)20(18,19)14-8(2)5-11(13)15/h3-4,6,8,14H,5H2,1-2H3,(H2,13,15)(H,16,17). The Morgan fingerprint density at radius 2 is 2.00 bits per heavy atom. The molecule has 0 fully saturated rings. The van der Waals surface area contributed by atoms with E-state index < -0.39 is 27.9 Å². The van der Waals surface area contributed by atoms with Gasteiger partial charge in [0, 0.05) is 12.5 Å². The minimum absolute atomic E-state index is 0.0876. The molecule has 1 rings (SSSR count). The second-order valence-corrected chi connectivity index (χ2v) is 6.19. The van der Waals surface area contributed by atoms with Crippen LogP contribution in [0.25, 0.3) is 0 Å². The van der Waals surface area contributed by atoms with Gasteiger partial charge in [0.05, 0.1) is 10.5 Å². The molecule has 1 unspecified atom stereocenters. The first-order chi connectivity index (χ1) is 9.13. The fraction of sp³-hybridized carbons (Fsp3) is 0.333. The van der Waals surface area contributed by atoms with Crippen LogP contribution in [-0.2, 0) is 14.8 Å². The highest BCUT2D eigenvalue weighted by Gasteiger charge is 2.20. The monoisotopic (exact) mass is 300 g/mol. The minimum atomic E-state index is -3.90. The van der Waals surface area contributed by atoms with Crippen LogP contribution in [0.15, 0.2) is 23.1 Å². The summed E-state index contributed by atoms with van der Waals surface area (Å²) in [5.41, 5.74) is 5.36. The van der Waals surface area contributed by atoms with Crippen molar-refractivity contribution in [2.75, 3.05) is 0 Å². The van der Waals surface area contributed by atoms with Crippen LogP contribution >= 0.6 is 0 Å². The number of carboxylic acid groups (broad SMARTS) is 1. The maximum Gasteiger partial charge on any atom is 0.335 e. The highest BCUT2D eigenvalue weighted by Crippen LogP contribution is 2.16. The number of carboxylic acids is 1. The molecule has 110 valence electrons. The van der Waals surface area contributed by atoms with E-state index in [2.05, 4.69) is 4.72 Å². The number of carbonyl (C=O) groups excluding carboxylic acids is 1. The Kier molecular flexibility index (Phi) is 4.85. The molecule has 1 atom stereocenters. The zero-order valence-corrected chi connectivity index (χ0v) is 11.9. The molecule has 8 heteroatoms. The molecular formula is C12H16N2O5S. The SMILES string of the molecule is Cc1ccc(S(=O)(=O)NC(C)CC(N)=O)cc1C(=O)O. The molecule has 7 nitrogen and oxygen atoms in total. The van der Waals surface area contributed by atoms with Gasteiger partial charge in [-0.15, -0.1) is 0 Å². The van der Waals surface area contributed by atoms with Crippen molar-refractivity contribution in [2.45, 2.75) is 31.2 Å². The lowest BCUT2D eigenvalue weighted by Crippen LogP contribution is -2.35. The number of aromatic carboxylic acids is 1. The van der Waals surface area contributed by atoms with E-state index in [4.69, 9.17) is 10.8 Å². The van der Waals surface area contributed by atoms with E-state index in [1.54, 1.807) is 6.92 Å². The molecule has 0 saturated carbocycles. The van der Waals surface area contributed by atoms with Gasteiger partial charge in [-0.05, 0) is 31.5 Å². The van der Waals surface area contributed by atoms with Crippen molar-refractivity contribution in [3.05, 3.63) is 29.3 Å². The molecule has 1 aromatic carbocycles. The van der Waals surface area contributed by atoms with Gasteiger partial charge in [0.25, 0.3) is 0 Å². The first kappa shape index (κ1) is 16.1. The molecule has 0 spiro atoms. The number of aryl methyl sites for hydroxylation is 1. The van der Waals surface area contributed by atoms with Gasteiger partial charge in [0.2, 0.25) is 15.9 Å². The fourth-order valence-corrected chi connectivity index (χ4v) is 2.94. The van der Waals surface area contributed by atoms with Crippen molar-refractivity contribution in [1.82, 2.24) is 4.72 Å². The fourth-order valence-electron chi connectivity index (χ4n) is 1.68. The summed E-state index contributed by atoms with van der Waals surface area (Å²) in [6.07, 6.45) is -0.142. The average molecular weight is 300 g/mol. The highest BCUT2D eigenvalue weighted by atomic mass is 32.2. The molecule has 1 amide bonds. The first-order valence-electron chi connectivity index (χ1n) is 5.78. The van der Waals surface area contributed by atoms with Crippen molar-refractivity contribution in [2.24, 2.45) is 5.73 Å². The molecule has 0 radical (unpaired) electrons. The topological polar surface area (TPSA) is 127 Å². The van der Waals surface area contributed by atoms with Gasteiger partial charge in [0.1, 0.15) is 0 Å². The van der Waals surface area contributed by atoms with Crippen LogP contribution in [0.4, 0.5) is 0 Å². The van der Waals surface area contributed by atoms with E-state index in [1.807, 2.05) is 0 Å². The van der Waals surface area contributed by atoms with Crippen LogP contribution in [-0.4, -0.2) is 31.4 Å². The third-order valence-corrected chi connectivity index (χ3v) is 4.20. The summed E-state index contributed by atoms with van der Waals surface area (Å²) in [5.74, 6) is -1.83. The number of benzene rings is 1. The quantitative estimate of drug-likeness (QED) is 0.693. The van der Waals surface area contributed by atoms with Gasteiger partial charge in [-0.1, -0.05) is 6.07 Å². The number of hydrogen-bond donors (Lipinski definition) is 3. The molecule has 0 aliphatic heterocycles. The van der Waals surface area contributed by atoms with Crippen LogP contribution in [0.5, 0.6) is 0 Å². The first-order valence-corrected chi connectivity index (χ1v) is 7.26. The van der Waals surface area contributed by atoms with Crippen LogP contribution in [0.1, 0.15) is 29.3 Å². The molecule has 0 bridgehead atoms. The zero-order valence-electron chi connectivity index (χ0n) is 11.1. The summed E-state index contributed by atoms with van der Waals surface area (Å²) in [7, 11) is -3.90. The third-order valence-electron chi connectivity index (χ3n) is 2.61. The lowest BCUT2D eigenvalue weighted by molar-refractivity contribution is -0.118. The van der Waals surface area contributed by atoms with E-state index in [9.17, 15) is 18.0 Å². The summed E-state index contributed by atoms with van der Waals surface area (Å²) < 4.78 is 26.4. The molecule has 0 aromatic heterocycles. The van der Waals surface area contributed by atoms with E-state index >= 15 is 0 Å². The largest absolute Gasteiger partial charge is 0.478 e. The molecule has 0 saturated heterocycles. The van der Waals surface area contributed by atoms with Crippen molar-refractivity contribution < 1.29 is 23.1 Å². The molecular weight excluding hydrogens is 284 g/mol. The van der Waals surface area contributed by atoms with Gasteiger partial charge in [0.15, 0.2) is 0 Å². The van der Waals surface area contributed by atoms with Gasteiger partial charge >= 0.3 is 5.97 Å². The summed E-state index contributed by atoms with van der Waals surface area (Å²) in [6, 6.07) is 3.13. The number of carbonyl (C=O) groups is 2. The Labute approximate surface area is 116 Å². The number of sulfonamides is 1. The minimum Gasteiger partial charge on any atom is -0.478 e. The predicted molar refractivity (Wildman–Crippen MR) is 71.7 cm³/mol. The lowest BCUT2D eigenvalue weighted by atomic mass is 10.1. The number of nitrogens with one attached hydrogen (secondary N) is 1. The molecule has 0 heterocycles. The van der Waals surface area contributed by atoms with Crippen LogP contribution in [0, 0.1) is 6.92 Å². The Morgan fingerprint density at radius 3 is 2.50 bits per heavy atom. The van der Waals surface area contributed by atoms with Crippen molar-refractivity contribution in [3.8, 4) is 0 Å². The summed E-state index contributed by atoms with van der Waals surface area (Å²) >= 11 is 0. The summed E-state index contributed by atoms with van der Waals surface area (Å²) in [4.78, 5) is 21.6. The Morgan fingerprint density at radius 1 is 1.40 bits per heavy atom. The van der Waals surface area contributed by atoms with Gasteiger partial charge in [-0.3, -0.25) is 4.79 Å². The smallest absolute Gasteiger partial charge is 0.335 e. The zero-order chi connectivity index (χ0) is 15.5. The Balaban J connectivity index is 3.07. The van der Waals surface area contributed by atoms with Crippen molar-refractivity contribution >= 4 is 21.9 Å². The number of hydrogen-bond acceptors (Lipinski definition) is 4. The molecule has 0 aliphatic rings. The number of nitrogens with two attached hydrogens (primary N) is 1. The van der Waals surface area contributed by atoms with Crippen LogP contribution in [0.2, 0.25) is 0 Å². The normalized spacial score (nSPS) is 12.9. The van der Waals surface area contributed by atoms with E-state index in [-0.39, 0.29) is 16.9 Å². The molecule has 0 aliphatic carbocycles. The van der Waals surface area contributed by atoms with Gasteiger partial charge < -0.3 is 10.8 Å². The molecule has 4 N–H and O–H groups in total. The van der Waals surface area contributed by atoms with Crippen LogP contribution in [0.3, 0.4) is 0 Å². The van der Waals surface area contributed by atoms with Gasteiger partial charge in [-0.2, -0.15) is 0 Å². The lowest BCUT2D eigenvalue weighted by Gasteiger charge is -2.13. The molecule has 1 aromatic rings. The predicted octanol–water partition coefficient (Wildman–Crippen LogP) is 0.235. The van der Waals surface area contributed by atoms with Gasteiger partial charge in [-0.25, -0.2) is 17.9 Å². The van der Waals surface area contributed by atoms with Crippen molar-refractivity contribution in [3.63, 3.8) is 0 Å². The van der Waals surface area contributed by atoms with E-state index in [0.717, 1.165) is 6.07 Å².